The van der Waals surface area contributed by atoms with Gasteiger partial charge in [-0.05, 0) is 48.9 Å². The monoisotopic (exact) mass is 356 g/mol. The second kappa shape index (κ2) is 10.9. The van der Waals surface area contributed by atoms with E-state index < -0.39 is 0 Å². The van der Waals surface area contributed by atoms with Crippen molar-refractivity contribution < 1.29 is 23.7 Å². The summed E-state index contributed by atoms with van der Waals surface area (Å²) < 4.78 is 22.1. The van der Waals surface area contributed by atoms with Crippen molar-refractivity contribution in [3.05, 3.63) is 59.7 Å². The predicted molar refractivity (Wildman–Crippen MR) is 101 cm³/mol. The lowest BCUT2D eigenvalue weighted by Crippen LogP contribution is -2.12. The third-order valence-corrected chi connectivity index (χ3v) is 3.54. The first-order valence-corrected chi connectivity index (χ1v) is 8.46. The zero-order valence-electron chi connectivity index (χ0n) is 15.1. The van der Waals surface area contributed by atoms with Crippen molar-refractivity contribution in [1.82, 2.24) is 0 Å². The van der Waals surface area contributed by atoms with Gasteiger partial charge in [-0.1, -0.05) is 18.2 Å². The minimum Gasteiger partial charge on any atom is -0.493 e. The van der Waals surface area contributed by atoms with Crippen molar-refractivity contribution in [2.45, 2.75) is 6.92 Å². The van der Waals surface area contributed by atoms with Crippen LogP contribution in [0.3, 0.4) is 0 Å². The van der Waals surface area contributed by atoms with Gasteiger partial charge < -0.3 is 18.9 Å². The first kappa shape index (κ1) is 19.5. The summed E-state index contributed by atoms with van der Waals surface area (Å²) in [5, 5.41) is 0. The summed E-state index contributed by atoms with van der Waals surface area (Å²) in [4.78, 5) is 10.6. The van der Waals surface area contributed by atoms with E-state index in [0.717, 1.165) is 11.8 Å². The Balaban J connectivity index is 1.65. The van der Waals surface area contributed by atoms with Gasteiger partial charge in [-0.2, -0.15) is 0 Å². The molecule has 0 saturated carbocycles. The Labute approximate surface area is 154 Å². The Kier molecular flexibility index (Phi) is 8.23. The summed E-state index contributed by atoms with van der Waals surface area (Å²) in [6.07, 6.45) is 4.78. The number of carbonyl (C=O) groups is 1. The molecule has 0 fully saturated rings. The molecule has 0 unspecified atom stereocenters. The lowest BCUT2D eigenvalue weighted by molar-refractivity contribution is 0.0757. The Hall–Kier alpha value is -2.79. The van der Waals surface area contributed by atoms with Crippen molar-refractivity contribution in [3.8, 4) is 17.2 Å². The summed E-state index contributed by atoms with van der Waals surface area (Å²) in [6, 6.07) is 12.7. The number of hydrogen-bond donors (Lipinski definition) is 0. The van der Waals surface area contributed by atoms with Crippen molar-refractivity contribution >= 4 is 12.4 Å². The lowest BCUT2D eigenvalue weighted by Gasteiger charge is -2.12. The van der Waals surface area contributed by atoms with Crippen LogP contribution in [0.5, 0.6) is 17.2 Å². The standard InChI is InChI=1S/C21H24O5/c1-3-4-17-7-10-20(21(15-17)23-2)26-14-12-24-11-13-25-19-8-5-18(16-22)6-9-19/h3-10,15-16H,11-14H2,1-2H3/b4-3+. The van der Waals surface area contributed by atoms with E-state index in [9.17, 15) is 4.79 Å². The van der Waals surface area contributed by atoms with E-state index >= 15 is 0 Å². The molecule has 0 aliphatic heterocycles. The normalized spacial score (nSPS) is 10.7. The van der Waals surface area contributed by atoms with Gasteiger partial charge in [0.1, 0.15) is 25.2 Å². The van der Waals surface area contributed by atoms with Crippen molar-refractivity contribution in [1.29, 1.82) is 0 Å². The molecule has 0 spiro atoms. The molecular formula is C21H24O5. The first-order chi connectivity index (χ1) is 12.8. The van der Waals surface area contributed by atoms with Gasteiger partial charge in [0.25, 0.3) is 0 Å². The van der Waals surface area contributed by atoms with Crippen LogP contribution < -0.4 is 14.2 Å². The highest BCUT2D eigenvalue weighted by Gasteiger charge is 2.04. The summed E-state index contributed by atoms with van der Waals surface area (Å²) in [5.74, 6) is 2.10. The highest BCUT2D eigenvalue weighted by molar-refractivity contribution is 5.74. The number of aldehydes is 1. The molecule has 138 valence electrons. The van der Waals surface area contributed by atoms with Crippen molar-refractivity contribution in [2.24, 2.45) is 0 Å². The van der Waals surface area contributed by atoms with E-state index in [1.165, 1.54) is 0 Å². The first-order valence-electron chi connectivity index (χ1n) is 8.46. The number of hydrogen-bond acceptors (Lipinski definition) is 5. The van der Waals surface area contributed by atoms with E-state index in [1.54, 1.807) is 31.4 Å². The molecule has 0 aromatic heterocycles. The highest BCUT2D eigenvalue weighted by Crippen LogP contribution is 2.28. The van der Waals surface area contributed by atoms with Crippen LogP contribution in [-0.2, 0) is 4.74 Å². The average molecular weight is 356 g/mol. The molecule has 0 N–H and O–H groups in total. The predicted octanol–water partition coefficient (Wildman–Crippen LogP) is 4.02. The third-order valence-electron chi connectivity index (χ3n) is 3.54. The quantitative estimate of drug-likeness (QED) is 0.450. The van der Waals surface area contributed by atoms with Crippen LogP contribution in [0.2, 0.25) is 0 Å². The maximum atomic E-state index is 10.6. The van der Waals surface area contributed by atoms with E-state index in [4.69, 9.17) is 18.9 Å². The molecule has 2 rings (SSSR count). The average Bonchev–Trinajstić information content (AvgIpc) is 2.68. The fourth-order valence-electron chi connectivity index (χ4n) is 2.27. The molecule has 26 heavy (non-hydrogen) atoms. The van der Waals surface area contributed by atoms with Gasteiger partial charge >= 0.3 is 0 Å². The summed E-state index contributed by atoms with van der Waals surface area (Å²) >= 11 is 0. The van der Waals surface area contributed by atoms with Crippen LogP contribution in [0.15, 0.2) is 48.5 Å². The van der Waals surface area contributed by atoms with E-state index in [2.05, 4.69) is 0 Å². The van der Waals surface area contributed by atoms with Crippen LogP contribution in [0.1, 0.15) is 22.8 Å². The molecule has 0 bridgehead atoms. The second-order valence-corrected chi connectivity index (χ2v) is 5.41. The fraction of sp³-hybridized carbons (Fsp3) is 0.286. The third kappa shape index (κ3) is 6.26. The number of ether oxygens (including phenoxy) is 4. The van der Waals surface area contributed by atoms with Crippen LogP contribution in [0.25, 0.3) is 6.08 Å². The van der Waals surface area contributed by atoms with Crippen LogP contribution in [0.4, 0.5) is 0 Å². The number of benzene rings is 2. The lowest BCUT2D eigenvalue weighted by atomic mass is 10.2. The molecule has 0 heterocycles. The molecule has 0 aliphatic carbocycles. The Morgan fingerprint density at radius 3 is 2.19 bits per heavy atom. The largest absolute Gasteiger partial charge is 0.493 e. The van der Waals surface area contributed by atoms with E-state index in [-0.39, 0.29) is 0 Å². The molecule has 0 atom stereocenters. The van der Waals surface area contributed by atoms with E-state index in [0.29, 0.717) is 49.2 Å². The Morgan fingerprint density at radius 1 is 0.846 bits per heavy atom. The Bertz CT molecular complexity index is 707. The molecule has 5 nitrogen and oxygen atoms in total. The summed E-state index contributed by atoms with van der Waals surface area (Å²) in [6.45, 7) is 3.73. The topological polar surface area (TPSA) is 54.0 Å². The number of methoxy groups -OCH3 is 1. The van der Waals surface area contributed by atoms with Gasteiger partial charge in [0, 0.05) is 5.56 Å². The second-order valence-electron chi connectivity index (χ2n) is 5.41. The van der Waals surface area contributed by atoms with Gasteiger partial charge in [-0.25, -0.2) is 0 Å². The van der Waals surface area contributed by atoms with Gasteiger partial charge in [-0.15, -0.1) is 0 Å². The van der Waals surface area contributed by atoms with Crippen LogP contribution in [-0.4, -0.2) is 39.8 Å². The maximum Gasteiger partial charge on any atom is 0.161 e. The van der Waals surface area contributed by atoms with Gasteiger partial charge in [-0.3, -0.25) is 4.79 Å². The van der Waals surface area contributed by atoms with Crippen molar-refractivity contribution in [3.63, 3.8) is 0 Å². The van der Waals surface area contributed by atoms with E-state index in [1.807, 2.05) is 37.3 Å². The smallest absolute Gasteiger partial charge is 0.161 e. The zero-order valence-corrected chi connectivity index (χ0v) is 15.1. The SMILES string of the molecule is C/C=C/c1ccc(OCCOCCOc2ccc(C=O)cc2)c(OC)c1. The fourth-order valence-corrected chi connectivity index (χ4v) is 2.27. The van der Waals surface area contributed by atoms with Crippen LogP contribution >= 0.6 is 0 Å². The maximum absolute atomic E-state index is 10.6. The molecular weight excluding hydrogens is 332 g/mol. The van der Waals surface area contributed by atoms with Gasteiger partial charge in [0.2, 0.25) is 0 Å². The van der Waals surface area contributed by atoms with Gasteiger partial charge in [0.15, 0.2) is 11.5 Å². The number of carbonyl (C=O) groups excluding carboxylic acids is 1. The van der Waals surface area contributed by atoms with Crippen molar-refractivity contribution in [2.75, 3.05) is 33.5 Å². The molecule has 0 radical (unpaired) electrons. The molecule has 0 amide bonds. The molecule has 0 aliphatic rings. The highest BCUT2D eigenvalue weighted by atomic mass is 16.6. The zero-order chi connectivity index (χ0) is 18.6. The summed E-state index contributed by atoms with van der Waals surface area (Å²) in [5.41, 5.74) is 1.69. The summed E-state index contributed by atoms with van der Waals surface area (Å²) in [7, 11) is 1.62. The number of allylic oxidation sites excluding steroid dienone is 1. The minimum atomic E-state index is 0.424. The molecule has 2 aromatic rings. The molecule has 2 aromatic carbocycles. The number of rotatable bonds is 11. The van der Waals surface area contributed by atoms with Crippen LogP contribution in [0, 0.1) is 0 Å². The molecule has 0 saturated heterocycles. The minimum absolute atomic E-state index is 0.424. The molecule has 5 heteroatoms. The van der Waals surface area contributed by atoms with Gasteiger partial charge in [0.05, 0.1) is 20.3 Å². The Morgan fingerprint density at radius 2 is 1.54 bits per heavy atom.